The van der Waals surface area contributed by atoms with Crippen molar-refractivity contribution >= 4 is 29.9 Å². The zero-order valence-corrected chi connectivity index (χ0v) is 16.1. The largest absolute Gasteiger partial charge is 0.411 e. The molecule has 4 nitrogen and oxygen atoms in total. The summed E-state index contributed by atoms with van der Waals surface area (Å²) in [6, 6.07) is 7.23. The van der Waals surface area contributed by atoms with E-state index in [1.165, 1.54) is 0 Å². The summed E-state index contributed by atoms with van der Waals surface area (Å²) in [7, 11) is 7.61. The van der Waals surface area contributed by atoms with Crippen LogP contribution in [-0.2, 0) is 17.9 Å². The molecule has 1 aromatic rings. The van der Waals surface area contributed by atoms with Gasteiger partial charge in [-0.15, -0.1) is 24.0 Å². The fourth-order valence-electron chi connectivity index (χ4n) is 1.95. The van der Waals surface area contributed by atoms with Crippen molar-refractivity contribution in [3.8, 4) is 0 Å². The van der Waals surface area contributed by atoms with Crippen LogP contribution < -0.4 is 0 Å². The van der Waals surface area contributed by atoms with Crippen molar-refractivity contribution < 1.29 is 17.9 Å². The van der Waals surface area contributed by atoms with Crippen molar-refractivity contribution in [2.24, 2.45) is 4.99 Å². The third-order valence-corrected chi connectivity index (χ3v) is 2.73. The number of hydrogen-bond acceptors (Lipinski definition) is 2. The third kappa shape index (κ3) is 8.99. The normalized spacial score (nSPS) is 10.7. The van der Waals surface area contributed by atoms with E-state index in [-0.39, 0.29) is 30.6 Å². The van der Waals surface area contributed by atoms with E-state index in [9.17, 15) is 13.2 Å². The molecule has 0 radical (unpaired) electrons. The highest BCUT2D eigenvalue weighted by Crippen LogP contribution is 2.16. The maximum Gasteiger partial charge on any atom is 0.411 e. The molecule has 0 spiro atoms. The van der Waals surface area contributed by atoms with Crippen molar-refractivity contribution in [1.29, 1.82) is 0 Å². The molecular weight excluding hydrogens is 422 g/mol. The van der Waals surface area contributed by atoms with E-state index in [0.29, 0.717) is 12.1 Å². The van der Waals surface area contributed by atoms with Gasteiger partial charge in [-0.05, 0) is 11.1 Å². The minimum absolute atomic E-state index is 0. The molecule has 0 saturated heterocycles. The Kier molecular flexibility index (Phi) is 9.52. The first-order valence-corrected chi connectivity index (χ1v) is 6.80. The maximum absolute atomic E-state index is 12.0. The zero-order chi connectivity index (χ0) is 16.8. The first-order valence-electron chi connectivity index (χ1n) is 6.80. The first-order chi connectivity index (χ1) is 10.2. The maximum atomic E-state index is 12.0. The number of rotatable bonds is 5. The van der Waals surface area contributed by atoms with Crippen LogP contribution in [0.25, 0.3) is 0 Å². The van der Waals surface area contributed by atoms with E-state index in [0.717, 1.165) is 11.5 Å². The Morgan fingerprint density at radius 1 is 1.09 bits per heavy atom. The average Bonchev–Trinajstić information content (AvgIpc) is 2.37. The molecule has 8 heteroatoms. The quantitative estimate of drug-likeness (QED) is 0.396. The zero-order valence-electron chi connectivity index (χ0n) is 13.7. The molecule has 0 saturated carbocycles. The molecule has 23 heavy (non-hydrogen) atoms. The van der Waals surface area contributed by atoms with Crippen molar-refractivity contribution in [2.75, 3.05) is 34.8 Å². The van der Waals surface area contributed by atoms with E-state index >= 15 is 0 Å². The van der Waals surface area contributed by atoms with Gasteiger partial charge < -0.3 is 14.5 Å². The second-order valence-corrected chi connectivity index (χ2v) is 5.33. The summed E-state index contributed by atoms with van der Waals surface area (Å²) in [6.45, 7) is -0.842. The number of aliphatic imine (C=N–C) groups is 1. The number of nitrogens with zero attached hydrogens (tertiary/aromatic N) is 3. The molecule has 0 atom stereocenters. The Morgan fingerprint density at radius 3 is 2.17 bits per heavy atom. The molecule has 0 unspecified atom stereocenters. The van der Waals surface area contributed by atoms with Crippen LogP contribution >= 0.6 is 24.0 Å². The fraction of sp³-hybridized carbons (Fsp3) is 0.533. The van der Waals surface area contributed by atoms with E-state index in [4.69, 9.17) is 0 Å². The lowest BCUT2D eigenvalue weighted by atomic mass is 10.1. The minimum atomic E-state index is -4.30. The van der Waals surface area contributed by atoms with Crippen LogP contribution in [0.1, 0.15) is 11.1 Å². The van der Waals surface area contributed by atoms with Gasteiger partial charge in [0.2, 0.25) is 0 Å². The van der Waals surface area contributed by atoms with Crippen LogP contribution in [0.5, 0.6) is 0 Å². The van der Waals surface area contributed by atoms with Gasteiger partial charge >= 0.3 is 6.18 Å². The SMILES string of the molecule is CN(C)C(=NCc1cccc(COCC(F)(F)F)c1)N(C)C.I. The predicted octanol–water partition coefficient (Wildman–Crippen LogP) is 3.36. The molecule has 0 N–H and O–H groups in total. The number of hydrogen-bond donors (Lipinski definition) is 0. The summed E-state index contributed by atoms with van der Waals surface area (Å²) in [5.41, 5.74) is 1.63. The van der Waals surface area contributed by atoms with Gasteiger partial charge in [-0.3, -0.25) is 0 Å². The van der Waals surface area contributed by atoms with Crippen LogP contribution in [-0.4, -0.2) is 56.7 Å². The topological polar surface area (TPSA) is 28.1 Å². The molecule has 0 aliphatic carbocycles. The van der Waals surface area contributed by atoms with Crippen molar-refractivity contribution in [2.45, 2.75) is 19.3 Å². The number of alkyl halides is 3. The molecule has 0 aliphatic heterocycles. The van der Waals surface area contributed by atoms with E-state index in [1.54, 1.807) is 12.1 Å². The van der Waals surface area contributed by atoms with Crippen LogP contribution in [0.4, 0.5) is 13.2 Å². The molecule has 0 aromatic heterocycles. The van der Waals surface area contributed by atoms with Gasteiger partial charge in [0.15, 0.2) is 5.96 Å². The summed E-state index contributed by atoms with van der Waals surface area (Å²) in [5.74, 6) is 0.818. The summed E-state index contributed by atoms with van der Waals surface area (Å²) >= 11 is 0. The standard InChI is InChI=1S/C15H22F3N3O.HI/c1-20(2)14(21(3)4)19-9-12-6-5-7-13(8-12)10-22-11-15(16,17)18;/h5-8H,9-11H2,1-4H3;1H. The van der Waals surface area contributed by atoms with E-state index in [2.05, 4.69) is 9.73 Å². The lowest BCUT2D eigenvalue weighted by molar-refractivity contribution is -0.176. The highest BCUT2D eigenvalue weighted by molar-refractivity contribution is 14.0. The van der Waals surface area contributed by atoms with Gasteiger partial charge in [-0.1, -0.05) is 24.3 Å². The summed E-state index contributed by atoms with van der Waals surface area (Å²) in [5, 5.41) is 0. The first kappa shape index (κ1) is 22.0. The molecule has 0 amide bonds. The summed E-state index contributed by atoms with van der Waals surface area (Å²) in [4.78, 5) is 8.30. The van der Waals surface area contributed by atoms with Crippen LogP contribution in [0.2, 0.25) is 0 Å². The van der Waals surface area contributed by atoms with Crippen molar-refractivity contribution in [1.82, 2.24) is 9.80 Å². The van der Waals surface area contributed by atoms with Gasteiger partial charge in [0, 0.05) is 28.2 Å². The Balaban J connectivity index is 0.00000484. The summed E-state index contributed by atoms with van der Waals surface area (Å²) in [6.07, 6.45) is -4.30. The van der Waals surface area contributed by atoms with Crippen LogP contribution in [0.3, 0.4) is 0 Å². The number of halogens is 4. The Morgan fingerprint density at radius 2 is 1.65 bits per heavy atom. The second-order valence-electron chi connectivity index (χ2n) is 5.33. The molecule has 1 aromatic carbocycles. The smallest absolute Gasteiger partial charge is 0.367 e. The highest BCUT2D eigenvalue weighted by atomic mass is 127. The molecule has 1 rings (SSSR count). The molecule has 132 valence electrons. The van der Waals surface area contributed by atoms with E-state index in [1.807, 2.05) is 50.1 Å². The fourth-order valence-corrected chi connectivity index (χ4v) is 1.95. The minimum Gasteiger partial charge on any atom is -0.367 e. The number of guanidine groups is 1. The Bertz CT molecular complexity index is 495. The van der Waals surface area contributed by atoms with Gasteiger partial charge in [-0.25, -0.2) is 4.99 Å². The molecule has 0 heterocycles. The van der Waals surface area contributed by atoms with Crippen LogP contribution in [0, 0.1) is 0 Å². The summed E-state index contributed by atoms with van der Waals surface area (Å²) < 4.78 is 40.8. The Hall–Kier alpha value is -1.03. The highest BCUT2D eigenvalue weighted by Gasteiger charge is 2.27. The van der Waals surface area contributed by atoms with Gasteiger partial charge in [0.1, 0.15) is 6.61 Å². The van der Waals surface area contributed by atoms with Gasteiger partial charge in [0.25, 0.3) is 0 Å². The Labute approximate surface area is 152 Å². The molecule has 0 bridgehead atoms. The van der Waals surface area contributed by atoms with Crippen molar-refractivity contribution in [3.05, 3.63) is 35.4 Å². The van der Waals surface area contributed by atoms with Crippen molar-refractivity contribution in [3.63, 3.8) is 0 Å². The average molecular weight is 445 g/mol. The number of ether oxygens (including phenoxy) is 1. The van der Waals surface area contributed by atoms with Gasteiger partial charge in [-0.2, -0.15) is 13.2 Å². The predicted molar refractivity (Wildman–Crippen MR) is 96.1 cm³/mol. The van der Waals surface area contributed by atoms with E-state index < -0.39 is 12.8 Å². The monoisotopic (exact) mass is 445 g/mol. The second kappa shape index (κ2) is 9.96. The van der Waals surface area contributed by atoms with Crippen LogP contribution in [0.15, 0.2) is 29.3 Å². The molecular formula is C15H23F3IN3O. The third-order valence-electron chi connectivity index (χ3n) is 2.73. The lowest BCUT2D eigenvalue weighted by Crippen LogP contribution is -2.35. The lowest BCUT2D eigenvalue weighted by Gasteiger charge is -2.22. The number of benzene rings is 1. The molecule has 0 aliphatic rings. The molecule has 0 fully saturated rings. The van der Waals surface area contributed by atoms with Gasteiger partial charge in [0.05, 0.1) is 13.2 Å².